The Morgan fingerprint density at radius 3 is 2.39 bits per heavy atom. The molecule has 148 valence electrons. The van der Waals surface area contributed by atoms with E-state index >= 15 is 0 Å². The minimum Gasteiger partial charge on any atom is -0.496 e. The first kappa shape index (κ1) is 20.9. The lowest BCUT2D eigenvalue weighted by Crippen LogP contribution is -2.22. The summed E-state index contributed by atoms with van der Waals surface area (Å²) in [6, 6.07) is 11.2. The highest BCUT2D eigenvalue weighted by molar-refractivity contribution is 6.06. The van der Waals surface area contributed by atoms with Crippen LogP contribution in [-0.2, 0) is 11.0 Å². The fourth-order valence-corrected chi connectivity index (χ4v) is 2.34. The summed E-state index contributed by atoms with van der Waals surface area (Å²) in [7, 11) is 1.42. The maximum absolute atomic E-state index is 13.0. The number of hydrogen-bond acceptors (Lipinski definition) is 4. The van der Waals surface area contributed by atoms with E-state index in [-0.39, 0.29) is 23.4 Å². The summed E-state index contributed by atoms with van der Waals surface area (Å²) in [6.45, 7) is 1.47. The van der Waals surface area contributed by atoms with Crippen molar-refractivity contribution in [3.05, 3.63) is 59.7 Å². The number of amides is 2. The van der Waals surface area contributed by atoms with E-state index in [2.05, 4.69) is 15.8 Å². The number of hydrogen-bond donors (Lipinski definition) is 2. The molecule has 0 fully saturated rings. The summed E-state index contributed by atoms with van der Waals surface area (Å²) in [5, 5.41) is 6.02. The lowest BCUT2D eigenvalue weighted by Gasteiger charge is -2.13. The second kappa shape index (κ2) is 9.03. The molecule has 0 unspecified atom stereocenters. The summed E-state index contributed by atoms with van der Waals surface area (Å²) < 4.78 is 44.0. The number of halogens is 3. The molecule has 0 aliphatic heterocycles. The van der Waals surface area contributed by atoms with Gasteiger partial charge < -0.3 is 10.1 Å². The standard InChI is InChI=1S/C19H18F3N3O3/c1-12(24-25-18(27)13-7-3-6-10-16(13)28-2)11-17(26)23-15-9-5-4-8-14(15)19(20,21)22/h3-10H,11H2,1-2H3,(H,23,26)(H,25,27)/b24-12+. The molecule has 2 N–H and O–H groups in total. The number of carbonyl (C=O) groups is 2. The molecule has 0 radical (unpaired) electrons. The van der Waals surface area contributed by atoms with Crippen molar-refractivity contribution in [2.45, 2.75) is 19.5 Å². The average molecular weight is 393 g/mol. The minimum absolute atomic E-state index is 0.213. The van der Waals surface area contributed by atoms with Crippen LogP contribution in [0.15, 0.2) is 53.6 Å². The van der Waals surface area contributed by atoms with Crippen LogP contribution in [0.4, 0.5) is 18.9 Å². The highest BCUT2D eigenvalue weighted by Gasteiger charge is 2.33. The molecule has 0 saturated carbocycles. The second-order valence-electron chi connectivity index (χ2n) is 5.76. The third kappa shape index (κ3) is 5.57. The van der Waals surface area contributed by atoms with E-state index in [4.69, 9.17) is 4.74 Å². The molecule has 2 aromatic carbocycles. The number of anilines is 1. The zero-order valence-corrected chi connectivity index (χ0v) is 15.1. The van der Waals surface area contributed by atoms with Crippen molar-refractivity contribution < 1.29 is 27.5 Å². The molecule has 0 bridgehead atoms. The fourth-order valence-electron chi connectivity index (χ4n) is 2.34. The molecule has 6 nitrogen and oxygen atoms in total. The molecule has 2 aromatic rings. The van der Waals surface area contributed by atoms with E-state index in [1.54, 1.807) is 24.3 Å². The van der Waals surface area contributed by atoms with Gasteiger partial charge in [0, 0.05) is 5.71 Å². The minimum atomic E-state index is -4.59. The van der Waals surface area contributed by atoms with Gasteiger partial charge >= 0.3 is 6.18 Å². The van der Waals surface area contributed by atoms with E-state index in [0.717, 1.165) is 12.1 Å². The predicted octanol–water partition coefficient (Wildman–Crippen LogP) is 3.85. The van der Waals surface area contributed by atoms with Gasteiger partial charge in [-0.1, -0.05) is 24.3 Å². The van der Waals surface area contributed by atoms with Crippen LogP contribution in [0.1, 0.15) is 29.3 Å². The Morgan fingerprint density at radius 2 is 1.71 bits per heavy atom. The van der Waals surface area contributed by atoms with E-state index in [1.165, 1.54) is 26.2 Å². The molecule has 0 saturated heterocycles. The van der Waals surface area contributed by atoms with Crippen molar-refractivity contribution in [1.82, 2.24) is 5.43 Å². The van der Waals surface area contributed by atoms with E-state index in [0.29, 0.717) is 5.75 Å². The van der Waals surface area contributed by atoms with Crippen LogP contribution in [0.3, 0.4) is 0 Å². The number of benzene rings is 2. The van der Waals surface area contributed by atoms with Gasteiger partial charge in [-0.15, -0.1) is 0 Å². The summed E-state index contributed by atoms with van der Waals surface area (Å²) in [6.07, 6.45) is -4.88. The van der Waals surface area contributed by atoms with Crippen LogP contribution in [0.25, 0.3) is 0 Å². The number of carbonyl (C=O) groups excluding carboxylic acids is 2. The molecule has 0 aromatic heterocycles. The summed E-state index contributed by atoms with van der Waals surface area (Å²) in [5.74, 6) is -0.876. The number of ether oxygens (including phenoxy) is 1. The molecular weight excluding hydrogens is 375 g/mol. The molecule has 28 heavy (non-hydrogen) atoms. The van der Waals surface area contributed by atoms with Crippen LogP contribution < -0.4 is 15.5 Å². The summed E-state index contributed by atoms with van der Waals surface area (Å²) in [5.41, 5.74) is 1.47. The van der Waals surface area contributed by atoms with Crippen LogP contribution in [0.5, 0.6) is 5.75 Å². The normalized spacial score (nSPS) is 11.7. The highest BCUT2D eigenvalue weighted by Crippen LogP contribution is 2.34. The van der Waals surface area contributed by atoms with E-state index in [9.17, 15) is 22.8 Å². The van der Waals surface area contributed by atoms with Crippen molar-refractivity contribution >= 4 is 23.2 Å². The Balaban J connectivity index is 2.00. The molecule has 0 aliphatic rings. The zero-order chi connectivity index (χ0) is 20.7. The molecule has 0 heterocycles. The van der Waals surface area contributed by atoms with Gasteiger partial charge in [0.2, 0.25) is 5.91 Å². The second-order valence-corrected chi connectivity index (χ2v) is 5.76. The molecule has 0 atom stereocenters. The van der Waals surface area contributed by atoms with Gasteiger partial charge in [-0.3, -0.25) is 9.59 Å². The third-order valence-corrected chi connectivity index (χ3v) is 3.62. The lowest BCUT2D eigenvalue weighted by molar-refractivity contribution is -0.137. The smallest absolute Gasteiger partial charge is 0.418 e. The Labute approximate surface area is 159 Å². The summed E-state index contributed by atoms with van der Waals surface area (Å²) >= 11 is 0. The zero-order valence-electron chi connectivity index (χ0n) is 15.1. The Kier molecular flexibility index (Phi) is 6.75. The fraction of sp³-hybridized carbons (Fsp3) is 0.211. The predicted molar refractivity (Wildman–Crippen MR) is 98.3 cm³/mol. The number of rotatable bonds is 6. The van der Waals surface area contributed by atoms with Crippen molar-refractivity contribution in [1.29, 1.82) is 0 Å². The Bertz CT molecular complexity index is 895. The van der Waals surface area contributed by atoms with Gasteiger partial charge in [-0.25, -0.2) is 5.43 Å². The number of nitrogens with zero attached hydrogens (tertiary/aromatic N) is 1. The van der Waals surface area contributed by atoms with Crippen LogP contribution in [0.2, 0.25) is 0 Å². The first-order valence-electron chi connectivity index (χ1n) is 8.15. The molecule has 9 heteroatoms. The maximum atomic E-state index is 13.0. The number of methoxy groups -OCH3 is 1. The topological polar surface area (TPSA) is 79.8 Å². The highest BCUT2D eigenvalue weighted by atomic mass is 19.4. The van der Waals surface area contributed by atoms with E-state index < -0.39 is 23.6 Å². The molecular formula is C19H18F3N3O3. The van der Waals surface area contributed by atoms with Gasteiger partial charge in [0.25, 0.3) is 5.91 Å². The molecule has 2 rings (SSSR count). The van der Waals surface area contributed by atoms with Crippen LogP contribution >= 0.6 is 0 Å². The average Bonchev–Trinajstić information content (AvgIpc) is 2.65. The Hall–Kier alpha value is -3.36. The van der Waals surface area contributed by atoms with Crippen LogP contribution in [0, 0.1) is 0 Å². The van der Waals surface area contributed by atoms with Gasteiger partial charge in [0.1, 0.15) is 5.75 Å². The van der Waals surface area contributed by atoms with E-state index in [1.807, 2.05) is 0 Å². The first-order valence-corrected chi connectivity index (χ1v) is 8.15. The molecule has 2 amide bonds. The van der Waals surface area contributed by atoms with Crippen molar-refractivity contribution in [3.8, 4) is 5.75 Å². The van der Waals surface area contributed by atoms with Gasteiger partial charge in [-0.2, -0.15) is 18.3 Å². The van der Waals surface area contributed by atoms with Gasteiger partial charge in [0.05, 0.1) is 30.3 Å². The molecule has 0 aliphatic carbocycles. The number of alkyl halides is 3. The quantitative estimate of drug-likeness (QED) is 0.578. The Morgan fingerprint density at radius 1 is 1.07 bits per heavy atom. The number of hydrazone groups is 1. The number of nitrogens with one attached hydrogen (secondary N) is 2. The number of para-hydroxylation sites is 2. The van der Waals surface area contributed by atoms with Crippen molar-refractivity contribution in [2.75, 3.05) is 12.4 Å². The SMILES string of the molecule is COc1ccccc1C(=O)N/N=C(\C)CC(=O)Nc1ccccc1C(F)(F)F. The molecule has 0 spiro atoms. The van der Waals surface area contributed by atoms with Gasteiger partial charge in [-0.05, 0) is 31.2 Å². The maximum Gasteiger partial charge on any atom is 0.418 e. The third-order valence-electron chi connectivity index (χ3n) is 3.62. The van der Waals surface area contributed by atoms with Crippen molar-refractivity contribution in [3.63, 3.8) is 0 Å². The summed E-state index contributed by atoms with van der Waals surface area (Å²) in [4.78, 5) is 24.2. The van der Waals surface area contributed by atoms with Gasteiger partial charge in [0.15, 0.2) is 0 Å². The first-order chi connectivity index (χ1) is 13.2. The lowest BCUT2D eigenvalue weighted by atomic mass is 10.1. The van der Waals surface area contributed by atoms with Crippen molar-refractivity contribution in [2.24, 2.45) is 5.10 Å². The monoisotopic (exact) mass is 393 g/mol. The largest absolute Gasteiger partial charge is 0.496 e. The van der Waals surface area contributed by atoms with Crippen LogP contribution in [-0.4, -0.2) is 24.6 Å².